The zero-order valence-corrected chi connectivity index (χ0v) is 25.9. The summed E-state index contributed by atoms with van der Waals surface area (Å²) in [6.07, 6.45) is 5.76. The largest absolute Gasteiger partial charge is 0.491 e. The Kier molecular flexibility index (Phi) is 8.62. The van der Waals surface area contributed by atoms with E-state index in [1.807, 2.05) is 54.6 Å². The second-order valence-corrected chi connectivity index (χ2v) is 11.8. The highest BCUT2D eigenvalue weighted by molar-refractivity contribution is 6.07. The smallest absolute Gasteiger partial charge is 0.297 e. The maximum absolute atomic E-state index is 14.0. The lowest BCUT2D eigenvalue weighted by atomic mass is 9.83. The number of aromatic nitrogens is 1. The van der Waals surface area contributed by atoms with Crippen LogP contribution in [0.5, 0.6) is 5.75 Å². The van der Waals surface area contributed by atoms with E-state index in [2.05, 4.69) is 0 Å². The molecule has 2 N–H and O–H groups in total. The first-order valence-corrected chi connectivity index (χ1v) is 15.4. The Morgan fingerprint density at radius 2 is 1.78 bits per heavy atom. The third-order valence-electron chi connectivity index (χ3n) is 9.10. The first kappa shape index (κ1) is 31.0. The average Bonchev–Trinajstić information content (AvgIpc) is 3.30. The second-order valence-electron chi connectivity index (χ2n) is 11.8. The van der Waals surface area contributed by atoms with E-state index in [9.17, 15) is 24.6 Å². The number of anilines is 1. The van der Waals surface area contributed by atoms with E-state index in [1.54, 1.807) is 65.4 Å². The predicted molar refractivity (Wildman–Crippen MR) is 175 cm³/mol. The van der Waals surface area contributed by atoms with Crippen molar-refractivity contribution in [1.82, 2.24) is 9.47 Å². The lowest BCUT2D eigenvalue weighted by molar-refractivity contribution is -0.139. The van der Waals surface area contributed by atoms with E-state index >= 15 is 0 Å². The number of ether oxygens (including phenoxy) is 1. The zero-order chi connectivity index (χ0) is 32.4. The molecule has 2 amide bonds. The molecule has 0 saturated heterocycles. The van der Waals surface area contributed by atoms with Crippen LogP contribution >= 0.6 is 0 Å². The number of hydrogen-bond acceptors (Lipinski definition) is 6. The van der Waals surface area contributed by atoms with Crippen LogP contribution in [0.25, 0.3) is 5.69 Å². The molecule has 9 nitrogen and oxygen atoms in total. The molecule has 4 aromatic rings. The third kappa shape index (κ3) is 5.52. The fourth-order valence-electron chi connectivity index (χ4n) is 6.55. The highest BCUT2D eigenvalue weighted by Crippen LogP contribution is 2.45. The minimum Gasteiger partial charge on any atom is -0.491 e. The Labute approximate surface area is 267 Å². The van der Waals surface area contributed by atoms with E-state index < -0.39 is 17.4 Å². The van der Waals surface area contributed by atoms with Gasteiger partial charge in [0.15, 0.2) is 11.4 Å². The number of aliphatic hydroxyl groups is 2. The first-order valence-electron chi connectivity index (χ1n) is 15.4. The Morgan fingerprint density at radius 1 is 1.02 bits per heavy atom. The molecule has 0 bridgehead atoms. The number of nitrogens with zero attached hydrogens (tertiary/aromatic N) is 3. The summed E-state index contributed by atoms with van der Waals surface area (Å²) in [7, 11) is 1.45. The minimum absolute atomic E-state index is 0.0784. The molecule has 3 atom stereocenters. The van der Waals surface area contributed by atoms with Gasteiger partial charge in [0.05, 0.1) is 32.0 Å². The monoisotopic (exact) mass is 619 g/mol. The van der Waals surface area contributed by atoms with Gasteiger partial charge in [-0.05, 0) is 53.4 Å². The van der Waals surface area contributed by atoms with Crippen molar-refractivity contribution in [3.8, 4) is 11.4 Å². The number of amides is 2. The number of carbonyl (C=O) groups is 2. The van der Waals surface area contributed by atoms with Crippen molar-refractivity contribution in [3.63, 3.8) is 0 Å². The standard InChI is InChI=1S/C37H37N3O6/c1-25(10-7-18-34(42)39-23-28-13-4-3-12-27(28)21-30(39)24-41)37(45)31-15-5-6-16-32(31)40(36(37)44)22-26-11-8-14-29(20-26)38-19-9-17-33(46-2)35(38)43/h3-17,19-20,25,30,41,45H,18,21-24H2,1-2H3/b10-7+/t25-,30-,37+/m0/s1. The number of carbonyl (C=O) groups excluding carboxylic acids is 2. The number of benzene rings is 3. The summed E-state index contributed by atoms with van der Waals surface area (Å²) < 4.78 is 6.67. The number of rotatable bonds is 9. The fourth-order valence-corrected chi connectivity index (χ4v) is 6.55. The summed E-state index contributed by atoms with van der Waals surface area (Å²) in [5.74, 6) is -1.01. The van der Waals surface area contributed by atoms with Gasteiger partial charge in [-0.2, -0.15) is 0 Å². The van der Waals surface area contributed by atoms with Gasteiger partial charge in [-0.1, -0.05) is 73.7 Å². The normalized spacial score (nSPS) is 19.7. The fraction of sp³-hybridized carbons (Fsp3) is 0.270. The average molecular weight is 620 g/mol. The van der Waals surface area contributed by atoms with Crippen LogP contribution in [0.4, 0.5) is 5.69 Å². The molecule has 0 radical (unpaired) electrons. The van der Waals surface area contributed by atoms with Crippen LogP contribution in [0.1, 0.15) is 35.6 Å². The maximum atomic E-state index is 14.0. The van der Waals surface area contributed by atoms with Gasteiger partial charge < -0.3 is 24.7 Å². The quantitative estimate of drug-likeness (QED) is 0.273. The van der Waals surface area contributed by atoms with Crippen LogP contribution < -0.4 is 15.2 Å². The van der Waals surface area contributed by atoms with E-state index in [-0.39, 0.29) is 42.8 Å². The topological polar surface area (TPSA) is 112 Å². The van der Waals surface area contributed by atoms with Crippen LogP contribution in [-0.2, 0) is 34.7 Å². The lowest BCUT2D eigenvalue weighted by Crippen LogP contribution is -2.46. The Bertz CT molecular complexity index is 1870. The molecule has 0 saturated carbocycles. The summed E-state index contributed by atoms with van der Waals surface area (Å²) >= 11 is 0. The number of fused-ring (bicyclic) bond motifs is 2. The molecule has 2 aliphatic heterocycles. The number of pyridine rings is 1. The minimum atomic E-state index is -1.84. The molecule has 236 valence electrons. The molecule has 0 unspecified atom stereocenters. The summed E-state index contributed by atoms with van der Waals surface area (Å²) in [5, 5.41) is 22.0. The molecule has 0 spiro atoms. The van der Waals surface area contributed by atoms with Crippen molar-refractivity contribution in [2.24, 2.45) is 5.92 Å². The van der Waals surface area contributed by atoms with Crippen LogP contribution in [-0.4, -0.2) is 51.3 Å². The molecular formula is C37H37N3O6. The van der Waals surface area contributed by atoms with Crippen LogP contribution in [0, 0.1) is 5.92 Å². The van der Waals surface area contributed by atoms with E-state index in [1.165, 1.54) is 11.7 Å². The molecule has 2 aliphatic rings. The van der Waals surface area contributed by atoms with Crippen molar-refractivity contribution in [3.05, 3.63) is 136 Å². The van der Waals surface area contributed by atoms with Gasteiger partial charge in [0.25, 0.3) is 11.5 Å². The van der Waals surface area contributed by atoms with Gasteiger partial charge in [-0.3, -0.25) is 19.0 Å². The number of hydrogen-bond donors (Lipinski definition) is 2. The van der Waals surface area contributed by atoms with Crippen molar-refractivity contribution in [2.45, 2.75) is 44.5 Å². The molecule has 3 heterocycles. The van der Waals surface area contributed by atoms with Gasteiger partial charge >= 0.3 is 0 Å². The van der Waals surface area contributed by atoms with Gasteiger partial charge in [0.1, 0.15) is 0 Å². The molecule has 46 heavy (non-hydrogen) atoms. The van der Waals surface area contributed by atoms with E-state index in [0.717, 1.165) is 16.7 Å². The Balaban J connectivity index is 1.20. The molecule has 3 aromatic carbocycles. The summed E-state index contributed by atoms with van der Waals surface area (Å²) in [6.45, 7) is 2.25. The first-order chi connectivity index (χ1) is 22.3. The van der Waals surface area contributed by atoms with Crippen molar-refractivity contribution in [2.75, 3.05) is 18.6 Å². The predicted octanol–water partition coefficient (Wildman–Crippen LogP) is 4.11. The lowest BCUT2D eigenvalue weighted by Gasteiger charge is -2.36. The number of para-hydroxylation sites is 1. The molecule has 1 aromatic heterocycles. The number of methoxy groups -OCH3 is 1. The van der Waals surface area contributed by atoms with Gasteiger partial charge in [-0.25, -0.2) is 0 Å². The third-order valence-corrected chi connectivity index (χ3v) is 9.10. The highest BCUT2D eigenvalue weighted by atomic mass is 16.5. The molecular weight excluding hydrogens is 582 g/mol. The van der Waals surface area contributed by atoms with Crippen LogP contribution in [0.3, 0.4) is 0 Å². The molecule has 9 heteroatoms. The highest BCUT2D eigenvalue weighted by Gasteiger charge is 2.52. The summed E-state index contributed by atoms with van der Waals surface area (Å²) in [6, 6.07) is 25.5. The van der Waals surface area contributed by atoms with Crippen molar-refractivity contribution >= 4 is 17.5 Å². The number of aliphatic hydroxyl groups excluding tert-OH is 1. The van der Waals surface area contributed by atoms with E-state index in [0.29, 0.717) is 29.9 Å². The maximum Gasteiger partial charge on any atom is 0.297 e. The molecule has 0 fully saturated rings. The zero-order valence-electron chi connectivity index (χ0n) is 25.9. The van der Waals surface area contributed by atoms with Gasteiger partial charge in [0, 0.05) is 36.3 Å². The Hall–Kier alpha value is -4.99. The second kappa shape index (κ2) is 12.8. The van der Waals surface area contributed by atoms with Crippen molar-refractivity contribution in [1.29, 1.82) is 0 Å². The Morgan fingerprint density at radius 3 is 2.57 bits per heavy atom. The molecule has 0 aliphatic carbocycles. The molecule has 6 rings (SSSR count). The van der Waals surface area contributed by atoms with Crippen molar-refractivity contribution < 1.29 is 24.5 Å². The van der Waals surface area contributed by atoms with Crippen LogP contribution in [0.15, 0.2) is 108 Å². The van der Waals surface area contributed by atoms with E-state index in [4.69, 9.17) is 4.74 Å². The summed E-state index contributed by atoms with van der Waals surface area (Å²) in [5.41, 5.74) is 2.57. The van der Waals surface area contributed by atoms with Gasteiger partial charge in [0.2, 0.25) is 5.91 Å². The SMILES string of the molecule is COc1cccn(-c2cccc(CN3C(=O)[C@@](O)([C@@H](C)/C=C/CC(=O)N4Cc5ccccc5C[C@H]4CO)c4ccccc43)c2)c1=O. The summed E-state index contributed by atoms with van der Waals surface area (Å²) in [4.78, 5) is 43.4. The van der Waals surface area contributed by atoms with Gasteiger partial charge in [-0.15, -0.1) is 0 Å². The van der Waals surface area contributed by atoms with Crippen LogP contribution in [0.2, 0.25) is 0 Å².